The van der Waals surface area contributed by atoms with Gasteiger partial charge in [0, 0.05) is 19.4 Å². The maximum absolute atomic E-state index is 11.8. The highest BCUT2D eigenvalue weighted by Gasteiger charge is 2.13. The van der Waals surface area contributed by atoms with Crippen LogP contribution in [0.15, 0.2) is 24.9 Å². The molecule has 2 rings (SSSR count). The second kappa shape index (κ2) is 4.40. The first kappa shape index (κ1) is 10.8. The van der Waals surface area contributed by atoms with Crippen molar-refractivity contribution in [2.75, 3.05) is 5.32 Å². The molecule has 2 aromatic heterocycles. The maximum Gasteiger partial charge on any atom is 0.259 e. The predicted octanol–water partition coefficient (Wildman–Crippen LogP) is 0.334. The average molecular weight is 228 g/mol. The van der Waals surface area contributed by atoms with Crippen LogP contribution in [-0.4, -0.2) is 25.7 Å². The Bertz CT molecular complexity index is 583. The number of rotatable bonds is 2. The molecule has 0 bridgehead atoms. The normalized spacial score (nSPS) is 9.65. The van der Waals surface area contributed by atoms with Gasteiger partial charge in [0.2, 0.25) is 0 Å². The van der Waals surface area contributed by atoms with Crippen LogP contribution in [-0.2, 0) is 7.05 Å². The first-order valence-electron chi connectivity index (χ1n) is 4.71. The quantitative estimate of drug-likeness (QED) is 0.799. The van der Waals surface area contributed by atoms with Crippen LogP contribution < -0.4 is 5.32 Å². The van der Waals surface area contributed by atoms with Gasteiger partial charge < -0.3 is 5.32 Å². The summed E-state index contributed by atoms with van der Waals surface area (Å²) in [5, 5.41) is 15.3. The molecule has 0 radical (unpaired) electrons. The van der Waals surface area contributed by atoms with E-state index >= 15 is 0 Å². The third-order valence-electron chi connectivity index (χ3n) is 2.11. The molecule has 7 heteroatoms. The van der Waals surface area contributed by atoms with Crippen molar-refractivity contribution in [1.82, 2.24) is 19.7 Å². The van der Waals surface area contributed by atoms with E-state index in [0.29, 0.717) is 16.9 Å². The highest BCUT2D eigenvalue weighted by Crippen LogP contribution is 2.13. The van der Waals surface area contributed by atoms with Gasteiger partial charge in [-0.2, -0.15) is 10.4 Å². The molecule has 2 heterocycles. The lowest BCUT2D eigenvalue weighted by molar-refractivity contribution is 0.102. The molecule has 0 saturated heterocycles. The molecule has 0 aliphatic heterocycles. The minimum Gasteiger partial charge on any atom is -0.306 e. The van der Waals surface area contributed by atoms with Crippen LogP contribution >= 0.6 is 0 Å². The first-order valence-corrected chi connectivity index (χ1v) is 4.71. The van der Waals surface area contributed by atoms with Gasteiger partial charge in [-0.1, -0.05) is 0 Å². The SMILES string of the molecule is Cn1ncc(C#N)c1NC(=O)c1cncnc1. The fourth-order valence-corrected chi connectivity index (χ4v) is 1.26. The van der Waals surface area contributed by atoms with Crippen molar-refractivity contribution in [2.45, 2.75) is 0 Å². The molecule has 84 valence electrons. The largest absolute Gasteiger partial charge is 0.306 e. The molecule has 0 fully saturated rings. The van der Waals surface area contributed by atoms with Gasteiger partial charge in [0.15, 0.2) is 0 Å². The van der Waals surface area contributed by atoms with Crippen molar-refractivity contribution in [1.29, 1.82) is 5.26 Å². The number of anilines is 1. The monoisotopic (exact) mass is 228 g/mol. The van der Waals surface area contributed by atoms with E-state index in [2.05, 4.69) is 20.4 Å². The van der Waals surface area contributed by atoms with Crippen molar-refractivity contribution >= 4 is 11.7 Å². The van der Waals surface area contributed by atoms with E-state index < -0.39 is 0 Å². The van der Waals surface area contributed by atoms with Gasteiger partial charge in [0.1, 0.15) is 23.8 Å². The van der Waals surface area contributed by atoms with Gasteiger partial charge in [0.05, 0.1) is 11.8 Å². The van der Waals surface area contributed by atoms with Crippen LogP contribution in [0.2, 0.25) is 0 Å². The number of nitrogens with zero attached hydrogens (tertiary/aromatic N) is 5. The Morgan fingerprint density at radius 1 is 1.41 bits per heavy atom. The molecule has 2 aromatic rings. The number of carbonyl (C=O) groups is 1. The molecule has 0 aliphatic rings. The molecule has 7 nitrogen and oxygen atoms in total. The number of aromatic nitrogens is 4. The fourth-order valence-electron chi connectivity index (χ4n) is 1.26. The van der Waals surface area contributed by atoms with Gasteiger partial charge in [-0.05, 0) is 0 Å². The Morgan fingerprint density at radius 2 is 2.12 bits per heavy atom. The molecule has 0 spiro atoms. The third kappa shape index (κ3) is 2.10. The Balaban J connectivity index is 2.25. The predicted molar refractivity (Wildman–Crippen MR) is 57.9 cm³/mol. The number of amides is 1. The summed E-state index contributed by atoms with van der Waals surface area (Å²) < 4.78 is 1.42. The highest BCUT2D eigenvalue weighted by molar-refractivity contribution is 6.03. The standard InChI is InChI=1S/C10H8N6O/c1-16-9(7(2-11)5-14-16)15-10(17)8-3-12-6-13-4-8/h3-6H,1H3,(H,15,17). The van der Waals surface area contributed by atoms with E-state index in [-0.39, 0.29) is 5.91 Å². The zero-order valence-electron chi connectivity index (χ0n) is 8.95. The lowest BCUT2D eigenvalue weighted by Gasteiger charge is -2.04. The number of hydrogen-bond acceptors (Lipinski definition) is 5. The number of hydrogen-bond donors (Lipinski definition) is 1. The van der Waals surface area contributed by atoms with Crippen LogP contribution in [0, 0.1) is 11.3 Å². The Kier molecular flexibility index (Phi) is 2.79. The van der Waals surface area contributed by atoms with Crippen LogP contribution in [0.5, 0.6) is 0 Å². The Morgan fingerprint density at radius 3 is 2.76 bits per heavy atom. The van der Waals surface area contributed by atoms with E-state index in [1.807, 2.05) is 6.07 Å². The van der Waals surface area contributed by atoms with Crippen molar-refractivity contribution in [3.8, 4) is 6.07 Å². The molecule has 1 amide bonds. The maximum atomic E-state index is 11.8. The molecule has 17 heavy (non-hydrogen) atoms. The Labute approximate surface area is 96.7 Å². The summed E-state index contributed by atoms with van der Waals surface area (Å²) in [6.45, 7) is 0. The van der Waals surface area contributed by atoms with E-state index in [1.54, 1.807) is 7.05 Å². The van der Waals surface area contributed by atoms with Gasteiger partial charge >= 0.3 is 0 Å². The van der Waals surface area contributed by atoms with Crippen LogP contribution in [0.3, 0.4) is 0 Å². The summed E-state index contributed by atoms with van der Waals surface area (Å²) in [7, 11) is 1.64. The van der Waals surface area contributed by atoms with Gasteiger partial charge in [-0.15, -0.1) is 0 Å². The van der Waals surface area contributed by atoms with Crippen molar-refractivity contribution in [2.24, 2.45) is 7.05 Å². The summed E-state index contributed by atoms with van der Waals surface area (Å²) >= 11 is 0. The van der Waals surface area contributed by atoms with E-state index in [4.69, 9.17) is 5.26 Å². The van der Waals surface area contributed by atoms with Crippen molar-refractivity contribution < 1.29 is 4.79 Å². The Hall–Kier alpha value is -2.75. The second-order valence-corrected chi connectivity index (χ2v) is 3.22. The summed E-state index contributed by atoms with van der Waals surface area (Å²) in [5.74, 6) is -0.0351. The molecular formula is C10H8N6O. The summed E-state index contributed by atoms with van der Waals surface area (Å²) in [6.07, 6.45) is 5.51. The molecule has 0 unspecified atom stereocenters. The smallest absolute Gasteiger partial charge is 0.259 e. The highest BCUT2D eigenvalue weighted by atomic mass is 16.1. The van der Waals surface area contributed by atoms with Crippen molar-refractivity contribution in [3.05, 3.63) is 36.0 Å². The summed E-state index contributed by atoms with van der Waals surface area (Å²) in [6, 6.07) is 1.94. The summed E-state index contributed by atoms with van der Waals surface area (Å²) in [5.41, 5.74) is 0.621. The molecule has 0 saturated carbocycles. The van der Waals surface area contributed by atoms with Gasteiger partial charge in [0.25, 0.3) is 5.91 Å². The molecule has 0 atom stereocenters. The zero-order chi connectivity index (χ0) is 12.3. The first-order chi connectivity index (χ1) is 8.22. The minimum atomic E-state index is -0.384. The number of carbonyl (C=O) groups excluding carboxylic acids is 1. The van der Waals surface area contributed by atoms with Crippen LogP contribution in [0.4, 0.5) is 5.82 Å². The zero-order valence-corrected chi connectivity index (χ0v) is 8.95. The fraction of sp³-hybridized carbons (Fsp3) is 0.100. The van der Waals surface area contributed by atoms with E-state index in [0.717, 1.165) is 0 Å². The lowest BCUT2D eigenvalue weighted by Crippen LogP contribution is -2.15. The molecular weight excluding hydrogens is 220 g/mol. The number of aryl methyl sites for hydroxylation is 1. The van der Waals surface area contributed by atoms with Crippen LogP contribution in [0.1, 0.15) is 15.9 Å². The third-order valence-corrected chi connectivity index (χ3v) is 2.11. The average Bonchev–Trinajstić information content (AvgIpc) is 2.71. The molecule has 0 aromatic carbocycles. The lowest BCUT2D eigenvalue weighted by atomic mass is 10.3. The topological polar surface area (TPSA) is 96.5 Å². The van der Waals surface area contributed by atoms with Gasteiger partial charge in [-0.25, -0.2) is 9.97 Å². The van der Waals surface area contributed by atoms with Crippen LogP contribution in [0.25, 0.3) is 0 Å². The van der Waals surface area contributed by atoms with Crippen molar-refractivity contribution in [3.63, 3.8) is 0 Å². The van der Waals surface area contributed by atoms with Gasteiger partial charge in [-0.3, -0.25) is 9.48 Å². The molecule has 0 aliphatic carbocycles. The second-order valence-electron chi connectivity index (χ2n) is 3.22. The van der Waals surface area contributed by atoms with E-state index in [9.17, 15) is 4.79 Å². The molecule has 1 N–H and O–H groups in total. The minimum absolute atomic E-state index is 0.303. The number of nitrogens with one attached hydrogen (secondary N) is 1. The van der Waals surface area contributed by atoms with E-state index in [1.165, 1.54) is 29.6 Å². The number of nitriles is 1. The summed E-state index contributed by atoms with van der Waals surface area (Å²) in [4.78, 5) is 19.3.